The van der Waals surface area contributed by atoms with Crippen LogP contribution < -0.4 is 14.8 Å². The second-order valence-corrected chi connectivity index (χ2v) is 8.35. The van der Waals surface area contributed by atoms with Crippen LogP contribution in [0.2, 0.25) is 0 Å². The fraction of sp³-hybridized carbons (Fsp3) is 0.333. The van der Waals surface area contributed by atoms with Gasteiger partial charge in [-0.1, -0.05) is 6.92 Å². The van der Waals surface area contributed by atoms with Gasteiger partial charge in [0, 0.05) is 53.6 Å². The highest BCUT2D eigenvalue weighted by Gasteiger charge is 2.22. The number of hydrogen-bond donors (Lipinski definition) is 1. The molecule has 2 aliphatic rings. The van der Waals surface area contributed by atoms with Gasteiger partial charge in [0.05, 0.1) is 24.9 Å². The Morgan fingerprint density at radius 1 is 1.09 bits per heavy atom. The minimum absolute atomic E-state index is 0. The normalized spacial score (nSPS) is 15.9. The van der Waals surface area contributed by atoms with Gasteiger partial charge in [0.1, 0.15) is 31.0 Å². The van der Waals surface area contributed by atoms with Crippen LogP contribution >= 0.6 is 13.5 Å². The third-order valence-electron chi connectivity index (χ3n) is 6.12. The molecule has 6 heterocycles. The average molecular weight is 479 g/mol. The predicted molar refractivity (Wildman–Crippen MR) is 133 cm³/mol. The number of anilines is 1. The first-order valence-electron chi connectivity index (χ1n) is 11.1. The van der Waals surface area contributed by atoms with Crippen LogP contribution in [0.3, 0.4) is 0 Å². The zero-order valence-corrected chi connectivity index (χ0v) is 19.8. The summed E-state index contributed by atoms with van der Waals surface area (Å²) in [5.74, 6) is 2.24. The Labute approximate surface area is 204 Å². The topological polar surface area (TPSA) is 96.2 Å². The van der Waals surface area contributed by atoms with Crippen LogP contribution in [0.25, 0.3) is 22.3 Å². The predicted octanol–water partition coefficient (Wildman–Crippen LogP) is 3.56. The number of aromatic nitrogens is 5. The van der Waals surface area contributed by atoms with E-state index in [0.717, 1.165) is 52.6 Å². The SMILES string of the molecule is C[C@H](CNc1cc(-c2cnc3c(ccn3C3COC3)c2)ncn1)c1ccnc2c1OCCO2.S. The Balaban J connectivity index is 0.00000241. The van der Waals surface area contributed by atoms with Gasteiger partial charge in [-0.3, -0.25) is 0 Å². The van der Waals surface area contributed by atoms with Crippen molar-refractivity contribution >= 4 is 30.3 Å². The molecule has 9 nitrogen and oxygen atoms in total. The molecule has 0 spiro atoms. The number of fused-ring (bicyclic) bond motifs is 2. The Hall–Kier alpha value is -3.37. The largest absolute Gasteiger partial charge is 0.484 e. The summed E-state index contributed by atoms with van der Waals surface area (Å²) < 4.78 is 18.9. The van der Waals surface area contributed by atoms with E-state index in [2.05, 4.69) is 50.1 Å². The van der Waals surface area contributed by atoms with Gasteiger partial charge in [0.25, 0.3) is 5.88 Å². The lowest BCUT2D eigenvalue weighted by Crippen LogP contribution is -2.30. The van der Waals surface area contributed by atoms with Crippen molar-refractivity contribution in [1.29, 1.82) is 0 Å². The molecule has 176 valence electrons. The smallest absolute Gasteiger partial charge is 0.257 e. The van der Waals surface area contributed by atoms with Gasteiger partial charge in [-0.15, -0.1) is 0 Å². The fourth-order valence-corrected chi connectivity index (χ4v) is 4.20. The Morgan fingerprint density at radius 2 is 1.97 bits per heavy atom. The molecule has 6 rings (SSSR count). The van der Waals surface area contributed by atoms with Crippen molar-refractivity contribution in [1.82, 2.24) is 24.5 Å². The van der Waals surface area contributed by atoms with Crippen LogP contribution in [0.5, 0.6) is 11.6 Å². The number of pyridine rings is 2. The summed E-state index contributed by atoms with van der Waals surface area (Å²) in [5.41, 5.74) is 3.82. The molecule has 34 heavy (non-hydrogen) atoms. The highest BCUT2D eigenvalue weighted by molar-refractivity contribution is 7.59. The third-order valence-corrected chi connectivity index (χ3v) is 6.12. The lowest BCUT2D eigenvalue weighted by Gasteiger charge is -2.27. The van der Waals surface area contributed by atoms with E-state index in [-0.39, 0.29) is 19.4 Å². The summed E-state index contributed by atoms with van der Waals surface area (Å²) in [7, 11) is 0. The second kappa shape index (κ2) is 9.47. The van der Waals surface area contributed by atoms with Gasteiger partial charge in [0.15, 0.2) is 5.75 Å². The lowest BCUT2D eigenvalue weighted by molar-refractivity contribution is -0.0216. The van der Waals surface area contributed by atoms with Gasteiger partial charge < -0.3 is 24.1 Å². The molecule has 4 aromatic rings. The van der Waals surface area contributed by atoms with Crippen LogP contribution in [-0.4, -0.2) is 57.5 Å². The second-order valence-electron chi connectivity index (χ2n) is 8.35. The summed E-state index contributed by atoms with van der Waals surface area (Å²) in [5, 5.41) is 4.51. The van der Waals surface area contributed by atoms with E-state index in [1.54, 1.807) is 12.5 Å². The molecule has 0 bridgehead atoms. The standard InChI is InChI=1S/C24H24N6O3.H2S/c1-15(19-2-4-25-24-22(19)32-6-7-33-24)10-26-21-9-20(28-14-29-21)17-8-16-3-5-30(18-12-31-13-18)23(16)27-11-17;/h2-5,8-9,11,14-15,18H,6-7,10,12-13H2,1H3,(H,26,28,29);1H2/t15-;/m1./s1. The highest BCUT2D eigenvalue weighted by Crippen LogP contribution is 2.36. The molecule has 0 saturated carbocycles. The minimum atomic E-state index is 0. The van der Waals surface area contributed by atoms with E-state index in [0.29, 0.717) is 31.7 Å². The van der Waals surface area contributed by atoms with Crippen LogP contribution in [0, 0.1) is 0 Å². The molecule has 0 radical (unpaired) electrons. The first-order valence-corrected chi connectivity index (χ1v) is 11.1. The van der Waals surface area contributed by atoms with Gasteiger partial charge >= 0.3 is 0 Å². The molecule has 0 amide bonds. The van der Waals surface area contributed by atoms with E-state index >= 15 is 0 Å². The van der Waals surface area contributed by atoms with Gasteiger partial charge in [-0.2, -0.15) is 13.5 Å². The Morgan fingerprint density at radius 3 is 2.82 bits per heavy atom. The molecular formula is C24H26N6O3S. The molecule has 10 heteroatoms. The van der Waals surface area contributed by atoms with Crippen molar-refractivity contribution in [2.75, 3.05) is 38.3 Å². The van der Waals surface area contributed by atoms with E-state index in [9.17, 15) is 0 Å². The van der Waals surface area contributed by atoms with E-state index in [4.69, 9.17) is 19.2 Å². The molecule has 0 unspecified atom stereocenters. The van der Waals surface area contributed by atoms with Gasteiger partial charge in [0.2, 0.25) is 0 Å². The van der Waals surface area contributed by atoms with E-state index in [1.165, 1.54) is 0 Å². The molecule has 1 N–H and O–H groups in total. The Kier molecular flexibility index (Phi) is 6.25. The zero-order valence-electron chi connectivity index (χ0n) is 18.8. The van der Waals surface area contributed by atoms with E-state index in [1.807, 2.05) is 18.3 Å². The molecule has 2 aliphatic heterocycles. The maximum Gasteiger partial charge on any atom is 0.257 e. The summed E-state index contributed by atoms with van der Waals surface area (Å²) in [6.07, 6.45) is 7.29. The zero-order chi connectivity index (χ0) is 22.2. The van der Waals surface area contributed by atoms with Crippen molar-refractivity contribution in [3.05, 3.63) is 54.7 Å². The maximum absolute atomic E-state index is 5.81. The number of hydrogen-bond acceptors (Lipinski definition) is 8. The molecule has 1 fully saturated rings. The van der Waals surface area contributed by atoms with Gasteiger partial charge in [-0.05, 0) is 18.2 Å². The number of nitrogens with one attached hydrogen (secondary N) is 1. The quantitative estimate of drug-likeness (QED) is 0.449. The lowest BCUT2D eigenvalue weighted by atomic mass is 10.0. The fourth-order valence-electron chi connectivity index (χ4n) is 4.20. The van der Waals surface area contributed by atoms with Crippen LogP contribution in [0.1, 0.15) is 24.4 Å². The van der Waals surface area contributed by atoms with Crippen molar-refractivity contribution in [2.45, 2.75) is 18.9 Å². The molecular weight excluding hydrogens is 452 g/mol. The monoisotopic (exact) mass is 478 g/mol. The van der Waals surface area contributed by atoms with Crippen LogP contribution in [0.15, 0.2) is 49.2 Å². The van der Waals surface area contributed by atoms with Crippen molar-refractivity contribution in [2.24, 2.45) is 0 Å². The number of rotatable bonds is 6. The maximum atomic E-state index is 5.81. The molecule has 0 aromatic carbocycles. The van der Waals surface area contributed by atoms with E-state index < -0.39 is 0 Å². The summed E-state index contributed by atoms with van der Waals surface area (Å²) in [4.78, 5) is 17.8. The van der Waals surface area contributed by atoms with Gasteiger partial charge in [-0.25, -0.2) is 19.9 Å². The van der Waals surface area contributed by atoms with Crippen molar-refractivity contribution in [3.8, 4) is 22.9 Å². The van der Waals surface area contributed by atoms with Crippen LogP contribution in [-0.2, 0) is 4.74 Å². The molecule has 1 saturated heterocycles. The first kappa shape index (κ1) is 22.4. The van der Waals surface area contributed by atoms with Crippen molar-refractivity contribution < 1.29 is 14.2 Å². The minimum Gasteiger partial charge on any atom is -0.484 e. The van der Waals surface area contributed by atoms with Crippen molar-refractivity contribution in [3.63, 3.8) is 0 Å². The summed E-state index contributed by atoms with van der Waals surface area (Å²) in [6.45, 7) is 5.37. The molecule has 4 aromatic heterocycles. The molecule has 0 aliphatic carbocycles. The number of ether oxygens (including phenoxy) is 3. The third kappa shape index (κ3) is 4.14. The number of nitrogens with zero attached hydrogens (tertiary/aromatic N) is 5. The molecule has 1 atom stereocenters. The average Bonchev–Trinajstić information content (AvgIpc) is 3.24. The highest BCUT2D eigenvalue weighted by atomic mass is 32.1. The first-order chi connectivity index (χ1) is 16.3. The Bertz CT molecular complexity index is 1310. The van der Waals surface area contributed by atoms with Crippen LogP contribution in [0.4, 0.5) is 5.82 Å². The summed E-state index contributed by atoms with van der Waals surface area (Å²) >= 11 is 0. The summed E-state index contributed by atoms with van der Waals surface area (Å²) in [6, 6.07) is 8.52.